The average Bonchev–Trinajstić information content (AvgIpc) is 2.42. The summed E-state index contributed by atoms with van der Waals surface area (Å²) in [6, 6.07) is -2.53. The second-order valence-electron chi connectivity index (χ2n) is 6.82. The molecular weight excluding hydrogens is 313 g/mol. The zero-order valence-electron chi connectivity index (χ0n) is 13.8. The van der Waals surface area contributed by atoms with Crippen LogP contribution < -0.4 is 5.32 Å². The molecule has 8 heteroatoms. The highest BCUT2D eigenvalue weighted by Gasteiger charge is 2.46. The molecule has 1 N–H and O–H groups in total. The summed E-state index contributed by atoms with van der Waals surface area (Å²) in [6.45, 7) is 6.39. The number of hydrogen-bond donors (Lipinski definition) is 1. The Morgan fingerprint density at radius 2 is 1.91 bits per heavy atom. The molecule has 1 unspecified atom stereocenters. The van der Waals surface area contributed by atoms with Gasteiger partial charge in [-0.15, -0.1) is 0 Å². The highest BCUT2D eigenvalue weighted by Crippen LogP contribution is 2.32. The second kappa shape index (κ2) is 6.84. The molecule has 2 aliphatic rings. The van der Waals surface area contributed by atoms with Crippen LogP contribution in [0.25, 0.3) is 0 Å². The van der Waals surface area contributed by atoms with Crippen molar-refractivity contribution >= 4 is 6.03 Å². The minimum Gasteiger partial charge on any atom is -0.381 e. The van der Waals surface area contributed by atoms with E-state index in [1.165, 1.54) is 18.7 Å². The van der Waals surface area contributed by atoms with Gasteiger partial charge in [0.15, 0.2) is 0 Å². The van der Waals surface area contributed by atoms with Gasteiger partial charge in [0.05, 0.1) is 18.2 Å². The lowest BCUT2D eigenvalue weighted by Crippen LogP contribution is -2.62. The number of alkyl halides is 3. The third-order valence-electron chi connectivity index (χ3n) is 4.40. The van der Waals surface area contributed by atoms with Crippen molar-refractivity contribution in [2.24, 2.45) is 5.92 Å². The Morgan fingerprint density at radius 1 is 1.30 bits per heavy atom. The maximum atomic E-state index is 13.0. The average molecular weight is 338 g/mol. The summed E-state index contributed by atoms with van der Waals surface area (Å²) in [7, 11) is 0. The van der Waals surface area contributed by atoms with E-state index < -0.39 is 29.8 Å². The molecule has 0 aromatic heterocycles. The van der Waals surface area contributed by atoms with E-state index in [0.717, 1.165) is 0 Å². The van der Waals surface area contributed by atoms with Gasteiger partial charge in [-0.2, -0.15) is 13.2 Å². The number of hydrogen-bond acceptors (Lipinski definition) is 3. The van der Waals surface area contributed by atoms with E-state index in [1.54, 1.807) is 0 Å². The minimum atomic E-state index is -4.46. The molecule has 23 heavy (non-hydrogen) atoms. The van der Waals surface area contributed by atoms with Crippen LogP contribution in [-0.2, 0) is 9.47 Å². The molecular formula is C15H25F3N2O3. The summed E-state index contributed by atoms with van der Waals surface area (Å²) in [5.74, 6) is -0.727. The molecule has 2 saturated heterocycles. The van der Waals surface area contributed by atoms with Crippen molar-refractivity contribution in [1.29, 1.82) is 0 Å². The lowest BCUT2D eigenvalue weighted by Gasteiger charge is -2.47. The highest BCUT2D eigenvalue weighted by molar-refractivity contribution is 5.75. The third-order valence-corrected chi connectivity index (χ3v) is 4.40. The van der Waals surface area contributed by atoms with Gasteiger partial charge in [-0.3, -0.25) is 0 Å². The molecule has 2 amide bonds. The standard InChI is InChI=1S/C15H25F3N2O3/c1-10(2)12(15(16,17)18)19-13(21)20-8-11(3)23-14(9-20)4-6-22-7-5-14/h10-12H,4-9H2,1-3H3,(H,19,21)/t11?,12-/m0/s1. The van der Waals surface area contributed by atoms with Crippen molar-refractivity contribution in [3.63, 3.8) is 0 Å². The van der Waals surface area contributed by atoms with Crippen LogP contribution >= 0.6 is 0 Å². The number of nitrogens with one attached hydrogen (secondary N) is 1. The molecule has 0 aromatic carbocycles. The van der Waals surface area contributed by atoms with E-state index in [1.807, 2.05) is 6.92 Å². The van der Waals surface area contributed by atoms with Crippen LogP contribution in [0.4, 0.5) is 18.0 Å². The number of urea groups is 1. The van der Waals surface area contributed by atoms with Gasteiger partial charge < -0.3 is 19.7 Å². The smallest absolute Gasteiger partial charge is 0.381 e. The number of carbonyl (C=O) groups excluding carboxylic acids is 1. The molecule has 0 radical (unpaired) electrons. The minimum absolute atomic E-state index is 0.212. The van der Waals surface area contributed by atoms with Crippen molar-refractivity contribution in [1.82, 2.24) is 10.2 Å². The molecule has 2 heterocycles. The Labute approximate surface area is 134 Å². The van der Waals surface area contributed by atoms with E-state index in [2.05, 4.69) is 5.32 Å². The molecule has 1 spiro atoms. The summed E-state index contributed by atoms with van der Waals surface area (Å²) in [4.78, 5) is 13.8. The predicted octanol–water partition coefficient (Wildman–Crippen LogP) is 2.55. The fourth-order valence-electron chi connectivity index (χ4n) is 3.25. The monoisotopic (exact) mass is 338 g/mol. The molecule has 0 aromatic rings. The van der Waals surface area contributed by atoms with Gasteiger partial charge in [0.25, 0.3) is 0 Å². The first-order valence-corrected chi connectivity index (χ1v) is 8.01. The number of halogens is 3. The normalized spacial score (nSPS) is 26.4. The molecule has 2 fully saturated rings. The van der Waals surface area contributed by atoms with Crippen molar-refractivity contribution in [3.05, 3.63) is 0 Å². The Hall–Kier alpha value is -1.02. The van der Waals surface area contributed by atoms with E-state index in [-0.39, 0.29) is 12.6 Å². The molecule has 5 nitrogen and oxygen atoms in total. The molecule has 2 aliphatic heterocycles. The largest absolute Gasteiger partial charge is 0.408 e. The zero-order valence-corrected chi connectivity index (χ0v) is 13.8. The lowest BCUT2D eigenvalue weighted by atomic mass is 9.91. The fraction of sp³-hybridized carbons (Fsp3) is 0.933. The van der Waals surface area contributed by atoms with Crippen LogP contribution in [0.5, 0.6) is 0 Å². The predicted molar refractivity (Wildman–Crippen MR) is 78.1 cm³/mol. The molecule has 0 saturated carbocycles. The lowest BCUT2D eigenvalue weighted by molar-refractivity contribution is -0.178. The molecule has 0 bridgehead atoms. The Kier molecular flexibility index (Phi) is 5.45. The summed E-state index contributed by atoms with van der Waals surface area (Å²) < 4.78 is 50.5. The van der Waals surface area contributed by atoms with Crippen molar-refractivity contribution < 1.29 is 27.4 Å². The quantitative estimate of drug-likeness (QED) is 0.842. The van der Waals surface area contributed by atoms with Gasteiger partial charge in [-0.25, -0.2) is 4.79 Å². The van der Waals surface area contributed by atoms with Gasteiger partial charge in [0.1, 0.15) is 6.04 Å². The first kappa shape index (κ1) is 18.3. The Bertz CT molecular complexity index is 423. The van der Waals surface area contributed by atoms with Crippen molar-refractivity contribution in [2.45, 2.75) is 57.5 Å². The van der Waals surface area contributed by atoms with Gasteiger partial charge in [-0.1, -0.05) is 13.8 Å². The number of carbonyl (C=O) groups is 1. The number of amides is 2. The van der Waals surface area contributed by atoms with Gasteiger partial charge in [0, 0.05) is 32.6 Å². The van der Waals surface area contributed by atoms with Gasteiger partial charge >= 0.3 is 12.2 Å². The Morgan fingerprint density at radius 3 is 2.43 bits per heavy atom. The maximum absolute atomic E-state index is 13.0. The summed E-state index contributed by atoms with van der Waals surface area (Å²) >= 11 is 0. The van der Waals surface area contributed by atoms with Crippen LogP contribution in [0.2, 0.25) is 0 Å². The maximum Gasteiger partial charge on any atom is 0.408 e. The van der Waals surface area contributed by atoms with Gasteiger partial charge in [0.2, 0.25) is 0 Å². The molecule has 2 rings (SSSR count). The number of ether oxygens (including phenoxy) is 2. The third kappa shape index (κ3) is 4.50. The van der Waals surface area contributed by atoms with E-state index in [9.17, 15) is 18.0 Å². The van der Waals surface area contributed by atoms with Crippen LogP contribution in [0.3, 0.4) is 0 Å². The Balaban J connectivity index is 2.05. The van der Waals surface area contributed by atoms with Gasteiger partial charge in [-0.05, 0) is 12.8 Å². The summed E-state index contributed by atoms with van der Waals surface area (Å²) in [5.41, 5.74) is -0.501. The van der Waals surface area contributed by atoms with Crippen molar-refractivity contribution in [3.8, 4) is 0 Å². The second-order valence-corrected chi connectivity index (χ2v) is 6.82. The number of rotatable bonds is 2. The van der Waals surface area contributed by atoms with Crippen molar-refractivity contribution in [2.75, 3.05) is 26.3 Å². The van der Waals surface area contributed by atoms with E-state index in [0.29, 0.717) is 32.6 Å². The molecule has 2 atom stereocenters. The topological polar surface area (TPSA) is 50.8 Å². The number of nitrogens with zero attached hydrogens (tertiary/aromatic N) is 1. The fourth-order valence-corrected chi connectivity index (χ4v) is 3.25. The highest BCUT2D eigenvalue weighted by atomic mass is 19.4. The number of morpholine rings is 1. The van der Waals surface area contributed by atoms with Crippen LogP contribution in [0.1, 0.15) is 33.6 Å². The van der Waals surface area contributed by atoms with E-state index in [4.69, 9.17) is 9.47 Å². The summed E-state index contributed by atoms with van der Waals surface area (Å²) in [6.07, 6.45) is -3.38. The van der Waals surface area contributed by atoms with Crippen LogP contribution in [0.15, 0.2) is 0 Å². The zero-order chi connectivity index (χ0) is 17.3. The first-order valence-electron chi connectivity index (χ1n) is 8.01. The molecule has 0 aliphatic carbocycles. The SMILES string of the molecule is CC1CN(C(=O)N[C@@H](C(C)C)C(F)(F)F)CC2(CCOCC2)O1. The van der Waals surface area contributed by atoms with Crippen LogP contribution in [-0.4, -0.2) is 61.2 Å². The summed E-state index contributed by atoms with van der Waals surface area (Å²) in [5, 5.41) is 2.14. The van der Waals surface area contributed by atoms with E-state index >= 15 is 0 Å². The molecule has 134 valence electrons. The van der Waals surface area contributed by atoms with Crippen LogP contribution in [0, 0.1) is 5.92 Å². The first-order chi connectivity index (χ1) is 10.6.